The van der Waals surface area contributed by atoms with Crippen LogP contribution >= 0.6 is 0 Å². The Labute approximate surface area is 153 Å². The molecular weight excluding hydrogens is 328 g/mol. The molecule has 1 aliphatic rings. The topological polar surface area (TPSA) is 59.4 Å². The fourth-order valence-electron chi connectivity index (χ4n) is 3.43. The zero-order valence-corrected chi connectivity index (χ0v) is 15.7. The lowest BCUT2D eigenvalue weighted by Crippen LogP contribution is -2.35. The lowest BCUT2D eigenvalue weighted by Gasteiger charge is -2.14. The number of amides is 2. The first-order valence-electron chi connectivity index (χ1n) is 8.96. The minimum Gasteiger partial charge on any atom is -0.348 e. The standard InChI is InChI=1S/C21H24N2O3/c1-13(2)9-10-22-14(3)11-18(15(22)4)19(24)12-23-20(25)16-7-5-6-8-17(16)21(23)26/h5-8,11,13H,9-10,12H2,1-4H3. The largest absolute Gasteiger partial charge is 0.348 e. The van der Waals surface area contributed by atoms with Crippen molar-refractivity contribution in [2.45, 2.75) is 40.7 Å². The number of ketones is 1. The van der Waals surface area contributed by atoms with E-state index < -0.39 is 11.8 Å². The number of nitrogens with zero attached hydrogens (tertiary/aromatic N) is 2. The summed E-state index contributed by atoms with van der Waals surface area (Å²) in [5.74, 6) is -0.419. The van der Waals surface area contributed by atoms with E-state index in [1.165, 1.54) is 0 Å². The van der Waals surface area contributed by atoms with Crippen LogP contribution in [0.3, 0.4) is 0 Å². The molecule has 0 fully saturated rings. The van der Waals surface area contributed by atoms with Crippen LogP contribution in [0.15, 0.2) is 30.3 Å². The van der Waals surface area contributed by atoms with E-state index in [-0.39, 0.29) is 12.3 Å². The Morgan fingerprint density at radius 3 is 2.15 bits per heavy atom. The van der Waals surface area contributed by atoms with Crippen LogP contribution in [0.25, 0.3) is 0 Å². The van der Waals surface area contributed by atoms with Gasteiger partial charge in [0.1, 0.15) is 0 Å². The lowest BCUT2D eigenvalue weighted by atomic mass is 10.1. The quantitative estimate of drug-likeness (QED) is 0.589. The van der Waals surface area contributed by atoms with Gasteiger partial charge in [-0.05, 0) is 44.4 Å². The van der Waals surface area contributed by atoms with Crippen LogP contribution in [0, 0.1) is 19.8 Å². The maximum absolute atomic E-state index is 12.8. The molecule has 2 aromatic rings. The maximum atomic E-state index is 12.8. The van der Waals surface area contributed by atoms with Crippen molar-refractivity contribution in [2.24, 2.45) is 5.92 Å². The highest BCUT2D eigenvalue weighted by molar-refractivity contribution is 6.23. The van der Waals surface area contributed by atoms with Crippen LogP contribution in [0.4, 0.5) is 0 Å². The van der Waals surface area contributed by atoms with Gasteiger partial charge in [-0.3, -0.25) is 19.3 Å². The second kappa shape index (κ2) is 6.90. The summed E-state index contributed by atoms with van der Waals surface area (Å²) >= 11 is 0. The zero-order chi connectivity index (χ0) is 19.0. The Morgan fingerprint density at radius 1 is 1.04 bits per heavy atom. The third-order valence-corrected chi connectivity index (χ3v) is 4.98. The van der Waals surface area contributed by atoms with Gasteiger partial charge in [-0.2, -0.15) is 0 Å². The highest BCUT2D eigenvalue weighted by Crippen LogP contribution is 2.24. The molecule has 3 rings (SSSR count). The molecule has 0 N–H and O–H groups in total. The molecule has 136 valence electrons. The van der Waals surface area contributed by atoms with Crippen molar-refractivity contribution in [1.82, 2.24) is 9.47 Å². The van der Waals surface area contributed by atoms with Gasteiger partial charge < -0.3 is 4.57 Å². The van der Waals surface area contributed by atoms with Crippen molar-refractivity contribution in [3.63, 3.8) is 0 Å². The Bertz CT molecular complexity index is 858. The van der Waals surface area contributed by atoms with E-state index in [0.29, 0.717) is 22.6 Å². The summed E-state index contributed by atoms with van der Waals surface area (Å²) in [6.45, 7) is 8.87. The molecule has 1 aromatic heterocycles. The van der Waals surface area contributed by atoms with E-state index in [1.807, 2.05) is 19.9 Å². The van der Waals surface area contributed by atoms with Gasteiger partial charge >= 0.3 is 0 Å². The average molecular weight is 352 g/mol. The predicted octanol–water partition coefficient (Wildman–Crippen LogP) is 3.63. The minimum atomic E-state index is -0.396. The van der Waals surface area contributed by atoms with Crippen molar-refractivity contribution >= 4 is 17.6 Å². The van der Waals surface area contributed by atoms with E-state index in [0.717, 1.165) is 29.3 Å². The van der Waals surface area contributed by atoms with Gasteiger partial charge in [-0.25, -0.2) is 0 Å². The molecule has 2 heterocycles. The molecule has 0 aliphatic carbocycles. The van der Waals surface area contributed by atoms with Crippen molar-refractivity contribution in [2.75, 3.05) is 6.54 Å². The second-order valence-electron chi connectivity index (χ2n) is 7.28. The summed E-state index contributed by atoms with van der Waals surface area (Å²) in [7, 11) is 0. The zero-order valence-electron chi connectivity index (χ0n) is 15.7. The second-order valence-corrected chi connectivity index (χ2v) is 7.28. The van der Waals surface area contributed by atoms with E-state index in [2.05, 4.69) is 18.4 Å². The molecule has 0 radical (unpaired) electrons. The van der Waals surface area contributed by atoms with Crippen LogP contribution in [0.2, 0.25) is 0 Å². The van der Waals surface area contributed by atoms with E-state index in [9.17, 15) is 14.4 Å². The molecule has 1 aliphatic heterocycles. The first-order chi connectivity index (χ1) is 12.3. The molecule has 1 aromatic carbocycles. The molecule has 5 heteroatoms. The predicted molar refractivity (Wildman–Crippen MR) is 99.5 cm³/mol. The Balaban J connectivity index is 1.80. The van der Waals surface area contributed by atoms with Crippen molar-refractivity contribution in [3.05, 3.63) is 58.4 Å². The molecule has 26 heavy (non-hydrogen) atoms. The van der Waals surface area contributed by atoms with Gasteiger partial charge in [0.05, 0.1) is 17.7 Å². The number of benzene rings is 1. The van der Waals surface area contributed by atoms with E-state index in [4.69, 9.17) is 0 Å². The van der Waals surface area contributed by atoms with Crippen molar-refractivity contribution in [1.29, 1.82) is 0 Å². The summed E-state index contributed by atoms with van der Waals surface area (Å²) < 4.78 is 2.13. The Kier molecular flexibility index (Phi) is 4.81. The number of imide groups is 1. The Morgan fingerprint density at radius 2 is 1.62 bits per heavy atom. The van der Waals surface area contributed by atoms with E-state index >= 15 is 0 Å². The lowest BCUT2D eigenvalue weighted by molar-refractivity contribution is 0.0624. The van der Waals surface area contributed by atoms with Crippen LogP contribution in [0.1, 0.15) is 62.7 Å². The minimum absolute atomic E-state index is 0.205. The van der Waals surface area contributed by atoms with Gasteiger partial charge in [-0.1, -0.05) is 26.0 Å². The van der Waals surface area contributed by atoms with Crippen molar-refractivity contribution < 1.29 is 14.4 Å². The number of carbonyl (C=O) groups excluding carboxylic acids is 3. The average Bonchev–Trinajstić information content (AvgIpc) is 3.02. The number of aromatic nitrogens is 1. The third kappa shape index (κ3) is 3.09. The van der Waals surface area contributed by atoms with Gasteiger partial charge in [0.25, 0.3) is 11.8 Å². The molecule has 0 unspecified atom stereocenters. The van der Waals surface area contributed by atoms with Crippen LogP contribution in [-0.4, -0.2) is 33.6 Å². The van der Waals surface area contributed by atoms with Crippen LogP contribution in [-0.2, 0) is 6.54 Å². The first-order valence-corrected chi connectivity index (χ1v) is 8.96. The first kappa shape index (κ1) is 18.1. The summed E-state index contributed by atoms with van der Waals surface area (Å²) in [6.07, 6.45) is 1.03. The maximum Gasteiger partial charge on any atom is 0.261 e. The highest BCUT2D eigenvalue weighted by atomic mass is 16.2. The number of rotatable bonds is 6. The number of hydrogen-bond donors (Lipinski definition) is 0. The van der Waals surface area contributed by atoms with Gasteiger partial charge in [-0.15, -0.1) is 0 Å². The molecule has 0 atom stereocenters. The number of Topliss-reactive ketones (excluding diaryl/α,β-unsaturated/α-hetero) is 1. The Hall–Kier alpha value is -2.69. The summed E-state index contributed by atoms with van der Waals surface area (Å²) in [6, 6.07) is 8.54. The SMILES string of the molecule is Cc1cc(C(=O)CN2C(=O)c3ccccc3C2=O)c(C)n1CCC(C)C. The smallest absolute Gasteiger partial charge is 0.261 e. The molecular formula is C21H24N2O3. The molecule has 0 bridgehead atoms. The third-order valence-electron chi connectivity index (χ3n) is 4.98. The normalized spacial score (nSPS) is 13.7. The van der Waals surface area contributed by atoms with Gasteiger partial charge in [0.2, 0.25) is 0 Å². The number of carbonyl (C=O) groups is 3. The highest BCUT2D eigenvalue weighted by Gasteiger charge is 2.36. The van der Waals surface area contributed by atoms with Gasteiger partial charge in [0, 0.05) is 23.5 Å². The van der Waals surface area contributed by atoms with Crippen LogP contribution in [0.5, 0.6) is 0 Å². The fraction of sp³-hybridized carbons (Fsp3) is 0.381. The number of fused-ring (bicyclic) bond motifs is 1. The fourth-order valence-corrected chi connectivity index (χ4v) is 3.43. The molecule has 2 amide bonds. The molecule has 0 saturated heterocycles. The number of hydrogen-bond acceptors (Lipinski definition) is 3. The summed E-state index contributed by atoms with van der Waals surface area (Å²) in [5, 5.41) is 0. The van der Waals surface area contributed by atoms with Crippen LogP contribution < -0.4 is 0 Å². The van der Waals surface area contributed by atoms with Gasteiger partial charge in [0.15, 0.2) is 5.78 Å². The monoisotopic (exact) mass is 352 g/mol. The number of aryl methyl sites for hydroxylation is 1. The molecule has 0 saturated carbocycles. The molecule has 0 spiro atoms. The van der Waals surface area contributed by atoms with Crippen molar-refractivity contribution in [3.8, 4) is 0 Å². The van der Waals surface area contributed by atoms with E-state index in [1.54, 1.807) is 24.3 Å². The summed E-state index contributed by atoms with van der Waals surface area (Å²) in [5.41, 5.74) is 3.24. The molecule has 5 nitrogen and oxygen atoms in total. The summed E-state index contributed by atoms with van der Waals surface area (Å²) in [4.78, 5) is 38.8.